The summed E-state index contributed by atoms with van der Waals surface area (Å²) in [6.07, 6.45) is 4.45. The molecule has 0 saturated carbocycles. The SMILES string of the molecule is CC(C)C(N)C(=O)O.CC(C)CC(N)C(=O)O.CCC(C)C(N)C(=O)O.O=C(O)C(Cc1ccccc1)NC(=O)[C@@H]1CCCN1.O=C(O)C(Cc1ccccc1)NC(=O)[C@@H]1CCCN1.O=C1NC(=O)c2ccccc21.OCC(O)CO. The normalized spacial score (nSPS) is 16.8. The van der Waals surface area contributed by atoms with Crippen LogP contribution in [0.1, 0.15) is 112 Å². The van der Waals surface area contributed by atoms with E-state index < -0.39 is 66.2 Å². The topological polar surface area (TPSA) is 454 Å². The molecule has 3 aromatic carbocycles. The fourth-order valence-corrected chi connectivity index (χ4v) is 7.03. The van der Waals surface area contributed by atoms with Crippen LogP contribution in [0.5, 0.6) is 0 Å². The van der Waals surface area contributed by atoms with E-state index in [9.17, 15) is 53.4 Å². The van der Waals surface area contributed by atoms with Gasteiger partial charge in [0.2, 0.25) is 11.8 Å². The molecule has 8 atom stereocenters. The average molecular weight is 1140 g/mol. The summed E-state index contributed by atoms with van der Waals surface area (Å²) in [5.41, 5.74) is 18.4. The van der Waals surface area contributed by atoms with Gasteiger partial charge in [-0.05, 0) is 86.2 Å². The Morgan fingerprint density at radius 1 is 0.568 bits per heavy atom. The van der Waals surface area contributed by atoms with E-state index in [1.807, 2.05) is 88.4 Å². The van der Waals surface area contributed by atoms with Crippen molar-refractivity contribution < 1.29 is 84.0 Å². The van der Waals surface area contributed by atoms with Crippen molar-refractivity contribution in [1.29, 1.82) is 0 Å². The molecule has 0 aliphatic carbocycles. The Hall–Kier alpha value is -7.23. The first kappa shape index (κ1) is 73.8. The average Bonchev–Trinajstić information content (AvgIpc) is 4.34. The number of imide groups is 1. The molecule has 3 aromatic rings. The third-order valence-corrected chi connectivity index (χ3v) is 12.2. The molecule has 0 aromatic heterocycles. The number of benzene rings is 3. The zero-order chi connectivity index (χ0) is 61.8. The molecule has 3 aliphatic rings. The number of carbonyl (C=O) groups excluding carboxylic acids is 4. The molecule has 0 radical (unpaired) electrons. The lowest BCUT2D eigenvalue weighted by Crippen LogP contribution is -2.49. The predicted octanol–water partition coefficient (Wildman–Crippen LogP) is 0.946. The van der Waals surface area contributed by atoms with Crippen molar-refractivity contribution in [2.24, 2.45) is 35.0 Å². The highest BCUT2D eigenvalue weighted by molar-refractivity contribution is 6.21. The van der Waals surface area contributed by atoms with Crippen LogP contribution in [-0.4, -0.2) is 169 Å². The summed E-state index contributed by atoms with van der Waals surface area (Å²) < 4.78 is 0. The number of nitrogens with one attached hydrogen (secondary N) is 5. The summed E-state index contributed by atoms with van der Waals surface area (Å²) in [4.78, 5) is 98.5. The number of rotatable bonds is 20. The maximum absolute atomic E-state index is 11.9. The number of carbonyl (C=O) groups is 9. The molecule has 2 saturated heterocycles. The molecular weight excluding hydrogens is 1060 g/mol. The molecule has 3 heterocycles. The quantitative estimate of drug-likeness (QED) is 0.0700. The minimum absolute atomic E-state index is 0.0208. The van der Waals surface area contributed by atoms with Crippen LogP contribution in [0, 0.1) is 17.8 Å². The second-order valence-electron chi connectivity index (χ2n) is 19.8. The molecule has 4 amide bonds. The fraction of sp³-hybridized carbons (Fsp3) is 0.518. The number of hydrogen-bond donors (Lipinski definition) is 16. The van der Waals surface area contributed by atoms with Crippen LogP contribution in [0.25, 0.3) is 0 Å². The summed E-state index contributed by atoms with van der Waals surface area (Å²) >= 11 is 0. The third kappa shape index (κ3) is 31.4. The van der Waals surface area contributed by atoms with E-state index in [-0.39, 0.29) is 60.8 Å². The second kappa shape index (κ2) is 40.9. The van der Waals surface area contributed by atoms with E-state index in [0.29, 0.717) is 36.3 Å². The zero-order valence-electron chi connectivity index (χ0n) is 46.9. The van der Waals surface area contributed by atoms with Gasteiger partial charge in [-0.1, -0.05) is 121 Å². The molecule has 0 spiro atoms. The van der Waals surface area contributed by atoms with Gasteiger partial charge in [-0.2, -0.15) is 0 Å². The summed E-state index contributed by atoms with van der Waals surface area (Å²) in [5, 5.41) is 80.8. The highest BCUT2D eigenvalue weighted by Crippen LogP contribution is 2.14. The van der Waals surface area contributed by atoms with Crippen LogP contribution < -0.4 is 43.8 Å². The van der Waals surface area contributed by atoms with Gasteiger partial charge in [-0.25, -0.2) is 9.59 Å². The maximum Gasteiger partial charge on any atom is 0.326 e. The first-order valence-electron chi connectivity index (χ1n) is 26.5. The molecule has 25 nitrogen and oxygen atoms in total. The molecule has 19 N–H and O–H groups in total. The smallest absolute Gasteiger partial charge is 0.326 e. The van der Waals surface area contributed by atoms with Crippen molar-refractivity contribution in [3.8, 4) is 0 Å². The molecule has 0 bridgehead atoms. The molecule has 3 aliphatic heterocycles. The molecule has 6 unspecified atom stereocenters. The number of amides is 4. The molecule has 452 valence electrons. The van der Waals surface area contributed by atoms with Gasteiger partial charge < -0.3 is 79.3 Å². The lowest BCUT2D eigenvalue weighted by atomic mass is 10.0. The van der Waals surface area contributed by atoms with E-state index >= 15 is 0 Å². The monoisotopic (exact) mass is 1140 g/mol. The fourth-order valence-electron chi connectivity index (χ4n) is 7.03. The summed E-state index contributed by atoms with van der Waals surface area (Å²) in [6.45, 7) is 12.1. The molecule has 2 fully saturated rings. The van der Waals surface area contributed by atoms with Gasteiger partial charge in [0.1, 0.15) is 36.3 Å². The number of fused-ring (bicyclic) bond motifs is 1. The van der Waals surface area contributed by atoms with Gasteiger partial charge in [0.25, 0.3) is 11.8 Å². The zero-order valence-corrected chi connectivity index (χ0v) is 46.9. The van der Waals surface area contributed by atoms with E-state index in [1.54, 1.807) is 38.1 Å². The maximum atomic E-state index is 11.9. The Labute approximate surface area is 472 Å². The predicted molar refractivity (Wildman–Crippen MR) is 300 cm³/mol. The van der Waals surface area contributed by atoms with Gasteiger partial charge in [0.15, 0.2) is 0 Å². The first-order valence-corrected chi connectivity index (χ1v) is 26.5. The van der Waals surface area contributed by atoms with Crippen molar-refractivity contribution in [3.63, 3.8) is 0 Å². The minimum Gasteiger partial charge on any atom is -0.480 e. The third-order valence-electron chi connectivity index (χ3n) is 12.2. The molecular formula is C56H86N8O17. The number of carboxylic acids is 5. The summed E-state index contributed by atoms with van der Waals surface area (Å²) in [6, 6.07) is 21.0. The van der Waals surface area contributed by atoms with E-state index in [2.05, 4.69) is 26.6 Å². The largest absolute Gasteiger partial charge is 0.480 e. The van der Waals surface area contributed by atoms with Gasteiger partial charge in [0, 0.05) is 12.8 Å². The molecule has 81 heavy (non-hydrogen) atoms. The molecule has 6 rings (SSSR count). The Morgan fingerprint density at radius 2 is 0.938 bits per heavy atom. The summed E-state index contributed by atoms with van der Waals surface area (Å²) in [7, 11) is 0. The van der Waals surface area contributed by atoms with E-state index in [4.69, 9.17) is 47.8 Å². The van der Waals surface area contributed by atoms with Crippen molar-refractivity contribution in [2.45, 2.75) is 141 Å². The standard InChI is InChI=1S/2C14H18N2O3.C8H5NO2.2C6H13NO2.C5H11NO2.C3H8O3/c2*17-13(11-7-4-8-15-11)16-12(14(18)19)9-10-5-2-1-3-6-10;10-7-5-3-1-2-4-6(5)8(11)9-7;1-4(2)3-5(7)6(8)9;1-3-4(2)5(7)6(8)9;1-3(2)4(6)5(7)8;4-1-3(6)2-5/h2*1-3,5-6,11-12,15H,4,7-9H2,(H,16,17)(H,18,19);1-4H,(H,9,10,11);2*4-5H,3,7H2,1-2H3,(H,8,9);3-4H,6H2,1-2H3,(H,7,8);3-6H,1-2H2/t2*11-,12?;;;;;/m00...../s1. The minimum atomic E-state index is -1.00. The Kier molecular flexibility index (Phi) is 37.2. The van der Waals surface area contributed by atoms with Crippen LogP contribution in [0.2, 0.25) is 0 Å². The van der Waals surface area contributed by atoms with Crippen molar-refractivity contribution in [1.82, 2.24) is 26.6 Å². The lowest BCUT2D eigenvalue weighted by Gasteiger charge is -2.17. The van der Waals surface area contributed by atoms with Gasteiger partial charge in [-0.3, -0.25) is 38.9 Å². The van der Waals surface area contributed by atoms with Crippen LogP contribution in [0.4, 0.5) is 0 Å². The van der Waals surface area contributed by atoms with Crippen LogP contribution in [0.3, 0.4) is 0 Å². The van der Waals surface area contributed by atoms with Crippen molar-refractivity contribution >= 4 is 53.5 Å². The lowest BCUT2D eigenvalue weighted by molar-refractivity contribution is -0.142. The number of aliphatic hydroxyl groups excluding tert-OH is 3. The number of aliphatic hydroxyl groups is 3. The number of aliphatic carboxylic acids is 5. The Morgan fingerprint density at radius 3 is 1.16 bits per heavy atom. The van der Waals surface area contributed by atoms with Crippen molar-refractivity contribution in [3.05, 3.63) is 107 Å². The highest BCUT2D eigenvalue weighted by atomic mass is 16.4. The van der Waals surface area contributed by atoms with E-state index in [1.165, 1.54) is 0 Å². The molecule has 25 heteroatoms. The van der Waals surface area contributed by atoms with Crippen LogP contribution >= 0.6 is 0 Å². The van der Waals surface area contributed by atoms with Crippen LogP contribution in [-0.2, 0) is 46.4 Å². The second-order valence-corrected chi connectivity index (χ2v) is 19.8. The van der Waals surface area contributed by atoms with Gasteiger partial charge in [-0.15, -0.1) is 0 Å². The van der Waals surface area contributed by atoms with Gasteiger partial charge >= 0.3 is 29.8 Å². The number of nitrogens with two attached hydrogens (primary N) is 3. The Bertz CT molecular complexity index is 2250. The summed E-state index contributed by atoms with van der Waals surface area (Å²) in [5.74, 6) is -5.36. The first-order chi connectivity index (χ1) is 38.1. The number of carboxylic acid groups (broad SMARTS) is 5. The Balaban J connectivity index is 0.000000961. The van der Waals surface area contributed by atoms with Crippen LogP contribution in [0.15, 0.2) is 84.9 Å². The number of hydrogen-bond acceptors (Lipinski definition) is 17. The van der Waals surface area contributed by atoms with Gasteiger partial charge in [0.05, 0.1) is 36.4 Å². The highest BCUT2D eigenvalue weighted by Gasteiger charge is 2.29. The van der Waals surface area contributed by atoms with E-state index in [0.717, 1.165) is 56.3 Å². The van der Waals surface area contributed by atoms with Crippen molar-refractivity contribution in [2.75, 3.05) is 26.3 Å².